The number of carbonyl (C=O) groups is 1. The predicted molar refractivity (Wildman–Crippen MR) is 148 cm³/mol. The molecule has 3 aromatic rings. The summed E-state index contributed by atoms with van der Waals surface area (Å²) in [6.45, 7) is 2.35. The van der Waals surface area contributed by atoms with E-state index in [0.29, 0.717) is 23.3 Å². The largest absolute Gasteiger partial charge is 0.392 e. The lowest BCUT2D eigenvalue weighted by Gasteiger charge is -2.50. The first-order valence-electron chi connectivity index (χ1n) is 14.1. The van der Waals surface area contributed by atoms with E-state index >= 15 is 0 Å². The lowest BCUT2D eigenvalue weighted by atomic mass is 9.55. The Hall–Kier alpha value is -2.91. The van der Waals surface area contributed by atoms with Crippen molar-refractivity contribution in [2.75, 3.05) is 0 Å². The van der Waals surface area contributed by atoms with Crippen LogP contribution in [0.4, 0.5) is 0 Å². The van der Waals surface area contributed by atoms with E-state index in [-0.39, 0.29) is 23.3 Å². The Labute approximate surface area is 221 Å². The molecule has 3 aliphatic rings. The summed E-state index contributed by atoms with van der Waals surface area (Å²) >= 11 is 0. The average molecular weight is 494 g/mol. The van der Waals surface area contributed by atoms with Gasteiger partial charge in [0.1, 0.15) is 0 Å². The third-order valence-electron chi connectivity index (χ3n) is 10.2. The highest BCUT2D eigenvalue weighted by Crippen LogP contribution is 2.62. The zero-order chi connectivity index (χ0) is 25.6. The summed E-state index contributed by atoms with van der Waals surface area (Å²) in [5.74, 6) is 1.67. The number of aliphatic hydroxyl groups excluding tert-OH is 1. The zero-order valence-electron chi connectivity index (χ0n) is 21.9. The number of carbonyl (C=O) groups excluding carboxylic acids is 1. The van der Waals surface area contributed by atoms with E-state index in [1.54, 1.807) is 17.2 Å². The van der Waals surface area contributed by atoms with Gasteiger partial charge in [-0.1, -0.05) is 67.6 Å². The molecule has 0 radical (unpaired) electrons. The number of hydrogen-bond donors (Lipinski definition) is 2. The van der Waals surface area contributed by atoms with Crippen molar-refractivity contribution in [2.45, 2.75) is 70.3 Å². The second-order valence-electron chi connectivity index (χ2n) is 12.2. The van der Waals surface area contributed by atoms with Gasteiger partial charge in [-0.25, -0.2) is 0 Å². The van der Waals surface area contributed by atoms with Gasteiger partial charge in [0.05, 0.1) is 6.10 Å². The van der Waals surface area contributed by atoms with Gasteiger partial charge in [-0.15, -0.1) is 0 Å². The first kappa shape index (κ1) is 24.4. The Morgan fingerprint density at radius 2 is 1.73 bits per heavy atom. The molecular formula is C34H39NO2. The summed E-state index contributed by atoms with van der Waals surface area (Å²) in [5, 5.41) is 11.6. The fraction of sp³-hybridized carbons (Fsp3) is 0.441. The molecule has 192 valence electrons. The van der Waals surface area contributed by atoms with Crippen molar-refractivity contribution in [3.63, 3.8) is 0 Å². The molecule has 1 unspecified atom stereocenters. The second kappa shape index (κ2) is 9.76. The molecule has 3 aliphatic carbocycles. The van der Waals surface area contributed by atoms with E-state index in [0.717, 1.165) is 44.1 Å². The molecule has 0 aromatic heterocycles. The van der Waals surface area contributed by atoms with Crippen LogP contribution in [0.3, 0.4) is 0 Å². The van der Waals surface area contributed by atoms with Crippen LogP contribution in [0, 0.1) is 23.2 Å². The van der Waals surface area contributed by atoms with Gasteiger partial charge in [-0.3, -0.25) is 4.79 Å². The molecule has 0 bridgehead atoms. The molecule has 0 heterocycles. The highest BCUT2D eigenvalue weighted by molar-refractivity contribution is 5.92. The number of aryl methyl sites for hydroxylation is 3. The maximum atomic E-state index is 11.7. The summed E-state index contributed by atoms with van der Waals surface area (Å²) in [6.07, 6.45) is 8.43. The number of amides is 1. The number of primary amides is 1. The van der Waals surface area contributed by atoms with Crippen LogP contribution in [0.1, 0.15) is 76.7 Å². The molecule has 3 nitrogen and oxygen atoms in total. The van der Waals surface area contributed by atoms with Crippen LogP contribution in [0.25, 0.3) is 0 Å². The van der Waals surface area contributed by atoms with Crippen LogP contribution in [0.2, 0.25) is 0 Å². The van der Waals surface area contributed by atoms with E-state index in [1.807, 2.05) is 12.1 Å². The van der Waals surface area contributed by atoms with Gasteiger partial charge in [0.25, 0.3) is 0 Å². The molecule has 3 aromatic carbocycles. The van der Waals surface area contributed by atoms with Crippen molar-refractivity contribution in [1.82, 2.24) is 0 Å². The lowest BCUT2D eigenvalue weighted by Crippen LogP contribution is -2.44. The number of aliphatic hydroxyl groups is 1. The highest BCUT2D eigenvalue weighted by atomic mass is 16.3. The highest BCUT2D eigenvalue weighted by Gasteiger charge is 2.57. The van der Waals surface area contributed by atoms with Crippen LogP contribution in [0.5, 0.6) is 0 Å². The minimum absolute atomic E-state index is 0.0136. The lowest BCUT2D eigenvalue weighted by molar-refractivity contribution is -0.0325. The van der Waals surface area contributed by atoms with Crippen molar-refractivity contribution in [3.8, 4) is 0 Å². The van der Waals surface area contributed by atoms with Crippen molar-refractivity contribution < 1.29 is 9.90 Å². The van der Waals surface area contributed by atoms with Gasteiger partial charge in [0.2, 0.25) is 5.91 Å². The van der Waals surface area contributed by atoms with Crippen molar-refractivity contribution in [3.05, 3.63) is 106 Å². The number of nitrogens with two attached hydrogens (primary N) is 1. The SMILES string of the molecule is C[C@]12CC[C@@H]3c4ccc(CCc5ccccc5)cc4CC[C@H]3C1C[C@H](Cc1cccc(C(N)=O)c1)[C@@H]2O. The monoisotopic (exact) mass is 493 g/mol. The van der Waals surface area contributed by atoms with Gasteiger partial charge in [0, 0.05) is 5.56 Å². The molecular weight excluding hydrogens is 454 g/mol. The standard InChI is InChI=1S/C34H39NO2/c1-34-17-16-29-28-14-12-23(11-10-22-6-3-2-4-7-22)18-25(28)13-15-30(29)31(34)21-27(32(34)36)20-24-8-5-9-26(19-24)33(35)37/h2-9,12,14,18-19,27,29-32,36H,10-11,13,15-17,20-21H2,1H3,(H2,35,37)/t27-,29+,30+,31?,32-,34-/m0/s1. The first-order valence-corrected chi connectivity index (χ1v) is 14.1. The minimum Gasteiger partial charge on any atom is -0.392 e. The maximum Gasteiger partial charge on any atom is 0.248 e. The summed E-state index contributed by atoms with van der Waals surface area (Å²) < 4.78 is 0. The summed E-state index contributed by atoms with van der Waals surface area (Å²) in [5.41, 5.74) is 13.2. The van der Waals surface area contributed by atoms with E-state index in [2.05, 4.69) is 61.5 Å². The topological polar surface area (TPSA) is 63.3 Å². The van der Waals surface area contributed by atoms with Crippen molar-refractivity contribution in [1.29, 1.82) is 0 Å². The number of rotatable bonds is 6. The molecule has 1 amide bonds. The Balaban J connectivity index is 1.18. The fourth-order valence-corrected chi connectivity index (χ4v) is 8.23. The van der Waals surface area contributed by atoms with Crippen molar-refractivity contribution >= 4 is 5.91 Å². The Kier molecular flexibility index (Phi) is 6.44. The molecule has 0 spiro atoms. The summed E-state index contributed by atoms with van der Waals surface area (Å²) in [7, 11) is 0. The van der Waals surface area contributed by atoms with Crippen molar-refractivity contribution in [2.24, 2.45) is 28.9 Å². The summed E-state index contributed by atoms with van der Waals surface area (Å²) in [6, 6.07) is 25.7. The van der Waals surface area contributed by atoms with Crippen LogP contribution >= 0.6 is 0 Å². The molecule has 3 heteroatoms. The Morgan fingerprint density at radius 1 is 0.946 bits per heavy atom. The molecule has 2 fully saturated rings. The molecule has 0 aliphatic heterocycles. The zero-order valence-corrected chi connectivity index (χ0v) is 21.9. The smallest absolute Gasteiger partial charge is 0.248 e. The van der Waals surface area contributed by atoms with E-state index < -0.39 is 0 Å². The molecule has 2 saturated carbocycles. The third kappa shape index (κ3) is 4.52. The van der Waals surface area contributed by atoms with E-state index in [9.17, 15) is 9.90 Å². The van der Waals surface area contributed by atoms with E-state index in [1.165, 1.54) is 24.0 Å². The average Bonchev–Trinajstić information content (AvgIpc) is 3.17. The number of hydrogen-bond acceptors (Lipinski definition) is 2. The van der Waals surface area contributed by atoms with Crippen LogP contribution in [-0.4, -0.2) is 17.1 Å². The fourth-order valence-electron chi connectivity index (χ4n) is 8.23. The quantitative estimate of drug-likeness (QED) is 0.426. The Morgan fingerprint density at radius 3 is 2.54 bits per heavy atom. The molecule has 6 rings (SSSR count). The van der Waals surface area contributed by atoms with Gasteiger partial charge >= 0.3 is 0 Å². The van der Waals surface area contributed by atoms with Crippen LogP contribution < -0.4 is 5.73 Å². The van der Waals surface area contributed by atoms with Gasteiger partial charge in [-0.2, -0.15) is 0 Å². The minimum atomic E-state index is -0.388. The van der Waals surface area contributed by atoms with Gasteiger partial charge in [-0.05, 0) is 120 Å². The molecule has 0 saturated heterocycles. The Bertz CT molecular complexity index is 1280. The molecule has 37 heavy (non-hydrogen) atoms. The second-order valence-corrected chi connectivity index (χ2v) is 12.2. The number of fused-ring (bicyclic) bond motifs is 5. The predicted octanol–water partition coefficient (Wildman–Crippen LogP) is 6.26. The van der Waals surface area contributed by atoms with Gasteiger partial charge < -0.3 is 10.8 Å². The van der Waals surface area contributed by atoms with Crippen LogP contribution in [-0.2, 0) is 25.7 Å². The third-order valence-corrected chi connectivity index (χ3v) is 10.2. The maximum absolute atomic E-state index is 11.7. The van der Waals surface area contributed by atoms with Crippen LogP contribution in [0.15, 0.2) is 72.8 Å². The van der Waals surface area contributed by atoms with E-state index in [4.69, 9.17) is 5.73 Å². The number of benzene rings is 3. The first-order chi connectivity index (χ1) is 17.9. The van der Waals surface area contributed by atoms with Gasteiger partial charge in [0.15, 0.2) is 0 Å². The summed E-state index contributed by atoms with van der Waals surface area (Å²) in [4.78, 5) is 11.7. The normalized spacial score (nSPS) is 30.3. The molecule has 3 N–H and O–H groups in total. The molecule has 6 atom stereocenters.